The number of aromatic nitrogens is 1. The molecule has 5 rings (SSSR count). The molecule has 0 radical (unpaired) electrons. The van der Waals surface area contributed by atoms with E-state index in [1.165, 1.54) is 29.4 Å². The van der Waals surface area contributed by atoms with Crippen molar-refractivity contribution in [2.75, 3.05) is 20.3 Å². The second kappa shape index (κ2) is 9.27. The SMILES string of the molecule is COC(=O)c1cc(C=CCNC(=O)OCC2c3ccccc3-c3ccccc32)cc2[nH]ccc12. The van der Waals surface area contributed by atoms with Gasteiger partial charge in [-0.1, -0.05) is 60.7 Å². The molecule has 1 aliphatic carbocycles. The van der Waals surface area contributed by atoms with Gasteiger partial charge in [-0.15, -0.1) is 0 Å². The van der Waals surface area contributed by atoms with E-state index in [4.69, 9.17) is 9.47 Å². The Kier molecular flexibility index (Phi) is 5.87. The van der Waals surface area contributed by atoms with Crippen LogP contribution in [-0.4, -0.2) is 37.3 Å². The highest BCUT2D eigenvalue weighted by Gasteiger charge is 2.28. The molecule has 170 valence electrons. The second-order valence-electron chi connectivity index (χ2n) is 8.11. The number of ether oxygens (including phenoxy) is 2. The highest BCUT2D eigenvalue weighted by molar-refractivity contribution is 6.04. The molecule has 0 atom stereocenters. The topological polar surface area (TPSA) is 80.4 Å². The number of amides is 1. The van der Waals surface area contributed by atoms with Crippen molar-refractivity contribution in [2.45, 2.75) is 5.92 Å². The Bertz CT molecular complexity index is 1360. The summed E-state index contributed by atoms with van der Waals surface area (Å²) >= 11 is 0. The fourth-order valence-electron chi connectivity index (χ4n) is 4.55. The molecule has 0 fully saturated rings. The van der Waals surface area contributed by atoms with Gasteiger partial charge in [0.2, 0.25) is 0 Å². The monoisotopic (exact) mass is 452 g/mol. The average molecular weight is 453 g/mol. The van der Waals surface area contributed by atoms with Crippen LogP contribution in [0, 0.1) is 0 Å². The van der Waals surface area contributed by atoms with Gasteiger partial charge in [-0.25, -0.2) is 9.59 Å². The van der Waals surface area contributed by atoms with Crippen LogP contribution in [0.1, 0.15) is 33.0 Å². The number of aromatic amines is 1. The summed E-state index contributed by atoms with van der Waals surface area (Å²) in [6, 6.07) is 22.0. The van der Waals surface area contributed by atoms with Gasteiger partial charge < -0.3 is 19.8 Å². The minimum absolute atomic E-state index is 0.0259. The summed E-state index contributed by atoms with van der Waals surface area (Å²) in [5.74, 6) is -0.366. The summed E-state index contributed by atoms with van der Waals surface area (Å²) in [4.78, 5) is 27.5. The molecule has 0 spiro atoms. The summed E-state index contributed by atoms with van der Waals surface area (Å²) < 4.78 is 10.4. The first-order valence-corrected chi connectivity index (χ1v) is 11.1. The molecule has 1 aliphatic rings. The maximum Gasteiger partial charge on any atom is 0.407 e. The Morgan fingerprint density at radius 1 is 1.00 bits per heavy atom. The van der Waals surface area contributed by atoms with Crippen molar-refractivity contribution in [3.63, 3.8) is 0 Å². The predicted octanol–water partition coefficient (Wildman–Crippen LogP) is 5.51. The van der Waals surface area contributed by atoms with Crippen molar-refractivity contribution in [2.24, 2.45) is 0 Å². The van der Waals surface area contributed by atoms with Crippen molar-refractivity contribution in [3.05, 3.63) is 101 Å². The molecule has 0 saturated heterocycles. The molecule has 1 amide bonds. The molecular formula is C28H24N2O4. The van der Waals surface area contributed by atoms with Crippen molar-refractivity contribution in [1.82, 2.24) is 10.3 Å². The standard InChI is InChI=1S/C28H24N2O4/c1-33-27(31)24-15-18(16-26-23(24)12-14-29-26)7-6-13-30-28(32)34-17-25-21-10-4-2-8-19(21)20-9-3-5-11-22(20)25/h2-12,14-16,25,29H,13,17H2,1H3,(H,30,32). The number of hydrogen-bond acceptors (Lipinski definition) is 4. The molecule has 6 heteroatoms. The smallest absolute Gasteiger partial charge is 0.407 e. The summed E-state index contributed by atoms with van der Waals surface area (Å²) in [5, 5.41) is 3.56. The molecule has 0 saturated carbocycles. The first kappa shape index (κ1) is 21.5. The quantitative estimate of drug-likeness (QED) is 0.378. The van der Waals surface area contributed by atoms with Gasteiger partial charge in [0, 0.05) is 29.6 Å². The zero-order valence-electron chi connectivity index (χ0n) is 18.7. The summed E-state index contributed by atoms with van der Waals surface area (Å²) in [6.45, 7) is 0.572. The molecule has 0 unspecified atom stereocenters. The molecule has 2 N–H and O–H groups in total. The molecule has 3 aromatic carbocycles. The summed E-state index contributed by atoms with van der Waals surface area (Å²) in [5.41, 5.74) is 6.90. The molecule has 1 heterocycles. The van der Waals surface area contributed by atoms with Gasteiger partial charge in [0.1, 0.15) is 6.61 Å². The molecule has 1 aromatic heterocycles. The average Bonchev–Trinajstić information content (AvgIpc) is 3.47. The van der Waals surface area contributed by atoms with E-state index in [0.717, 1.165) is 16.5 Å². The Hall–Kier alpha value is -4.32. The minimum atomic E-state index is -0.471. The van der Waals surface area contributed by atoms with Crippen molar-refractivity contribution < 1.29 is 19.1 Å². The van der Waals surface area contributed by atoms with Gasteiger partial charge in [-0.3, -0.25) is 0 Å². The van der Waals surface area contributed by atoms with Crippen LogP contribution in [0.15, 0.2) is 79.0 Å². The fourth-order valence-corrected chi connectivity index (χ4v) is 4.55. The maximum absolute atomic E-state index is 12.3. The third-order valence-corrected chi connectivity index (χ3v) is 6.11. The molecule has 4 aromatic rings. The second-order valence-corrected chi connectivity index (χ2v) is 8.11. The van der Waals surface area contributed by atoms with E-state index in [9.17, 15) is 9.59 Å². The predicted molar refractivity (Wildman–Crippen MR) is 132 cm³/mol. The number of benzene rings is 3. The van der Waals surface area contributed by atoms with Gasteiger partial charge in [0.05, 0.1) is 12.7 Å². The number of esters is 1. The van der Waals surface area contributed by atoms with Crippen LogP contribution in [0.2, 0.25) is 0 Å². The first-order valence-electron chi connectivity index (χ1n) is 11.1. The summed E-state index contributed by atoms with van der Waals surface area (Å²) in [6.07, 6.45) is 4.97. The Balaban J connectivity index is 1.20. The highest BCUT2D eigenvalue weighted by Crippen LogP contribution is 2.44. The van der Waals surface area contributed by atoms with Gasteiger partial charge in [0.25, 0.3) is 0 Å². The number of fused-ring (bicyclic) bond motifs is 4. The Labute approximate surface area is 197 Å². The fraction of sp³-hybridized carbons (Fsp3) is 0.143. The summed E-state index contributed by atoms with van der Waals surface area (Å²) in [7, 11) is 1.36. The first-order chi connectivity index (χ1) is 16.7. The van der Waals surface area contributed by atoms with Crippen LogP contribution in [0.3, 0.4) is 0 Å². The largest absolute Gasteiger partial charge is 0.465 e. The van der Waals surface area contributed by atoms with E-state index < -0.39 is 12.1 Å². The van der Waals surface area contributed by atoms with E-state index in [1.807, 2.05) is 48.6 Å². The van der Waals surface area contributed by atoms with E-state index in [1.54, 1.807) is 12.3 Å². The van der Waals surface area contributed by atoms with E-state index >= 15 is 0 Å². The number of carbonyl (C=O) groups excluding carboxylic acids is 2. The van der Waals surface area contributed by atoms with Crippen LogP contribution in [-0.2, 0) is 9.47 Å². The van der Waals surface area contributed by atoms with Crippen LogP contribution in [0.25, 0.3) is 28.1 Å². The van der Waals surface area contributed by atoms with Crippen molar-refractivity contribution in [3.8, 4) is 11.1 Å². The Morgan fingerprint density at radius 3 is 2.41 bits per heavy atom. The van der Waals surface area contributed by atoms with Crippen LogP contribution in [0.5, 0.6) is 0 Å². The van der Waals surface area contributed by atoms with Gasteiger partial charge in [0.15, 0.2) is 0 Å². The third kappa shape index (κ3) is 4.06. The lowest BCUT2D eigenvalue weighted by Gasteiger charge is -2.14. The number of carbonyl (C=O) groups is 2. The number of rotatable bonds is 6. The van der Waals surface area contributed by atoms with E-state index in [0.29, 0.717) is 12.1 Å². The zero-order chi connectivity index (χ0) is 23.5. The third-order valence-electron chi connectivity index (χ3n) is 6.11. The van der Waals surface area contributed by atoms with Crippen LogP contribution in [0.4, 0.5) is 4.79 Å². The van der Waals surface area contributed by atoms with Crippen molar-refractivity contribution in [1.29, 1.82) is 0 Å². The number of H-pyrrole nitrogens is 1. The lowest BCUT2D eigenvalue weighted by Crippen LogP contribution is -2.26. The molecule has 0 aliphatic heterocycles. The molecule has 34 heavy (non-hydrogen) atoms. The number of nitrogens with one attached hydrogen (secondary N) is 2. The lowest BCUT2D eigenvalue weighted by atomic mass is 9.98. The van der Waals surface area contributed by atoms with E-state index in [-0.39, 0.29) is 12.5 Å². The highest BCUT2D eigenvalue weighted by atomic mass is 16.5. The minimum Gasteiger partial charge on any atom is -0.465 e. The van der Waals surface area contributed by atoms with Crippen LogP contribution >= 0.6 is 0 Å². The number of hydrogen-bond donors (Lipinski definition) is 2. The van der Waals surface area contributed by atoms with Gasteiger partial charge >= 0.3 is 12.1 Å². The maximum atomic E-state index is 12.3. The molecular weight excluding hydrogens is 428 g/mol. The Morgan fingerprint density at radius 2 is 1.71 bits per heavy atom. The van der Waals surface area contributed by atoms with E-state index in [2.05, 4.69) is 34.6 Å². The molecule has 6 nitrogen and oxygen atoms in total. The van der Waals surface area contributed by atoms with Gasteiger partial charge in [-0.2, -0.15) is 0 Å². The van der Waals surface area contributed by atoms with Crippen LogP contribution < -0.4 is 5.32 Å². The number of methoxy groups -OCH3 is 1. The lowest BCUT2D eigenvalue weighted by molar-refractivity contribution is 0.0603. The zero-order valence-corrected chi connectivity index (χ0v) is 18.7. The normalized spacial score (nSPS) is 12.5. The molecule has 0 bridgehead atoms. The van der Waals surface area contributed by atoms with Gasteiger partial charge in [-0.05, 0) is 46.0 Å². The van der Waals surface area contributed by atoms with Crippen molar-refractivity contribution >= 4 is 29.0 Å². The number of alkyl carbamates (subject to hydrolysis) is 1.